The van der Waals surface area contributed by atoms with Crippen LogP contribution >= 0.6 is 0 Å². The third-order valence-corrected chi connectivity index (χ3v) is 3.34. The van der Waals surface area contributed by atoms with Crippen LogP contribution in [0.5, 0.6) is 0 Å². The Kier molecular flexibility index (Phi) is 2.39. The third-order valence-electron chi connectivity index (χ3n) is 3.34. The zero-order chi connectivity index (χ0) is 12.7. The molecule has 7 heteroatoms. The first-order valence-corrected chi connectivity index (χ1v) is 5.75. The monoisotopic (exact) mass is 248 g/mol. The number of nitrogens with zero attached hydrogens (tertiary/aromatic N) is 4. The van der Waals surface area contributed by atoms with Gasteiger partial charge in [-0.1, -0.05) is 17.3 Å². The zero-order valence-corrected chi connectivity index (χ0v) is 9.81. The van der Waals surface area contributed by atoms with Gasteiger partial charge in [0, 0.05) is 0 Å². The van der Waals surface area contributed by atoms with Gasteiger partial charge in [0.1, 0.15) is 12.3 Å². The molecule has 3 rings (SSSR count). The summed E-state index contributed by atoms with van der Waals surface area (Å²) < 4.78 is 1.44. The summed E-state index contributed by atoms with van der Waals surface area (Å²) in [5.74, 6) is 0.510. The first-order valence-electron chi connectivity index (χ1n) is 5.75. The summed E-state index contributed by atoms with van der Waals surface area (Å²) in [5, 5.41) is 14.8. The van der Waals surface area contributed by atoms with Gasteiger partial charge in [-0.2, -0.15) is 0 Å². The van der Waals surface area contributed by atoms with Gasteiger partial charge in [0.15, 0.2) is 5.71 Å². The summed E-state index contributed by atoms with van der Waals surface area (Å²) >= 11 is 0. The van der Waals surface area contributed by atoms with E-state index in [1.807, 2.05) is 6.08 Å². The minimum Gasteiger partial charge on any atom is -0.391 e. The van der Waals surface area contributed by atoms with Crippen molar-refractivity contribution in [1.29, 1.82) is 0 Å². The number of oxime groups is 1. The molecule has 0 fully saturated rings. The summed E-state index contributed by atoms with van der Waals surface area (Å²) in [7, 11) is 1.61. The Morgan fingerprint density at radius 1 is 1.61 bits per heavy atom. The summed E-state index contributed by atoms with van der Waals surface area (Å²) in [4.78, 5) is 19.8. The molecule has 2 unspecified atom stereocenters. The van der Waals surface area contributed by atoms with Gasteiger partial charge in [0.25, 0.3) is 0 Å². The number of imidazole rings is 1. The van der Waals surface area contributed by atoms with E-state index in [1.54, 1.807) is 7.05 Å². The Morgan fingerprint density at radius 3 is 3.17 bits per heavy atom. The molecule has 94 valence electrons. The van der Waals surface area contributed by atoms with Crippen molar-refractivity contribution in [2.45, 2.75) is 18.9 Å². The molecule has 0 saturated heterocycles. The topological polar surface area (TPSA) is 82.5 Å². The van der Waals surface area contributed by atoms with Crippen LogP contribution in [-0.2, 0) is 11.9 Å². The second-order valence-electron chi connectivity index (χ2n) is 4.41. The van der Waals surface area contributed by atoms with Crippen LogP contribution in [0.4, 0.5) is 5.82 Å². The minimum absolute atomic E-state index is 0.0424. The van der Waals surface area contributed by atoms with Crippen LogP contribution in [0.2, 0.25) is 0 Å². The molecule has 1 aliphatic carbocycles. The molecule has 18 heavy (non-hydrogen) atoms. The fourth-order valence-corrected chi connectivity index (χ4v) is 2.38. The van der Waals surface area contributed by atoms with Gasteiger partial charge in [-0.3, -0.25) is 0 Å². The number of fused-ring (bicyclic) bond motifs is 1. The van der Waals surface area contributed by atoms with Crippen LogP contribution < -0.4 is 0 Å². The lowest BCUT2D eigenvalue weighted by atomic mass is 9.89. The molecule has 2 atom stereocenters. The third kappa shape index (κ3) is 1.51. The number of allylic oxidation sites excluding steroid dienone is 1. The van der Waals surface area contributed by atoms with Gasteiger partial charge >= 0.3 is 5.82 Å². The van der Waals surface area contributed by atoms with Crippen LogP contribution in [0.15, 0.2) is 23.5 Å². The lowest BCUT2D eigenvalue weighted by molar-refractivity contribution is -0.391. The van der Waals surface area contributed by atoms with E-state index in [1.165, 1.54) is 10.8 Å². The minimum atomic E-state index is -0.457. The maximum atomic E-state index is 10.8. The van der Waals surface area contributed by atoms with Crippen molar-refractivity contribution in [3.8, 4) is 0 Å². The summed E-state index contributed by atoms with van der Waals surface area (Å²) in [6.07, 6.45) is 7.31. The lowest BCUT2D eigenvalue weighted by Gasteiger charge is -2.17. The van der Waals surface area contributed by atoms with Crippen LogP contribution in [0.25, 0.3) is 0 Å². The lowest BCUT2D eigenvalue weighted by Crippen LogP contribution is -2.26. The van der Waals surface area contributed by atoms with Gasteiger partial charge < -0.3 is 15.0 Å². The fraction of sp³-hybridized carbons (Fsp3) is 0.455. The van der Waals surface area contributed by atoms with Crippen molar-refractivity contribution in [2.75, 3.05) is 0 Å². The van der Waals surface area contributed by atoms with Crippen LogP contribution in [0.3, 0.4) is 0 Å². The Hall–Kier alpha value is -2.18. The molecule has 2 heterocycles. The second-order valence-corrected chi connectivity index (χ2v) is 4.41. The molecule has 2 aliphatic rings. The van der Waals surface area contributed by atoms with E-state index in [0.29, 0.717) is 11.5 Å². The van der Waals surface area contributed by atoms with Crippen molar-refractivity contribution >= 4 is 11.5 Å². The molecule has 0 spiro atoms. The van der Waals surface area contributed by atoms with Gasteiger partial charge in [0.2, 0.25) is 5.82 Å². The summed E-state index contributed by atoms with van der Waals surface area (Å²) in [6, 6.07) is 0. The molecule has 1 aromatic heterocycles. The largest absolute Gasteiger partial charge is 0.391 e. The number of hydrogen-bond acceptors (Lipinski definition) is 5. The predicted octanol–water partition coefficient (Wildman–Crippen LogP) is 1.40. The summed E-state index contributed by atoms with van der Waals surface area (Å²) in [6.45, 7) is 0. The molecule has 0 saturated carbocycles. The SMILES string of the molecule is Cn1c([N+](=O)[O-])cnc1C1=NOC2CCC=CC12. The Bertz CT molecular complexity index is 561. The maximum Gasteiger partial charge on any atom is 0.342 e. The van der Waals surface area contributed by atoms with Crippen LogP contribution in [0.1, 0.15) is 18.7 Å². The molecule has 0 bridgehead atoms. The van der Waals surface area contributed by atoms with E-state index >= 15 is 0 Å². The average Bonchev–Trinajstić information content (AvgIpc) is 2.92. The van der Waals surface area contributed by atoms with Gasteiger partial charge in [-0.15, -0.1) is 0 Å². The van der Waals surface area contributed by atoms with Crippen molar-refractivity contribution < 1.29 is 9.76 Å². The van der Waals surface area contributed by atoms with Crippen molar-refractivity contribution in [1.82, 2.24) is 9.55 Å². The molecule has 7 nitrogen and oxygen atoms in total. The Labute approximate surface area is 103 Å². The van der Waals surface area contributed by atoms with Crippen molar-refractivity contribution in [2.24, 2.45) is 18.1 Å². The first-order chi connectivity index (χ1) is 8.68. The van der Waals surface area contributed by atoms with Gasteiger partial charge in [-0.05, 0) is 17.8 Å². The predicted molar refractivity (Wildman–Crippen MR) is 63.1 cm³/mol. The molecule has 1 aliphatic heterocycles. The molecular formula is C11H12N4O3. The zero-order valence-electron chi connectivity index (χ0n) is 9.81. The molecule has 0 radical (unpaired) electrons. The molecule has 1 aromatic rings. The highest BCUT2D eigenvalue weighted by molar-refractivity contribution is 6.01. The Balaban J connectivity index is 1.98. The van der Waals surface area contributed by atoms with Gasteiger partial charge in [-0.25, -0.2) is 9.55 Å². The molecular weight excluding hydrogens is 236 g/mol. The second kappa shape index (κ2) is 3.94. The normalized spacial score (nSPS) is 25.5. The van der Waals surface area contributed by atoms with Crippen LogP contribution in [-0.4, -0.2) is 26.3 Å². The standard InChI is InChI=1S/C11H12N4O3/c1-14-9(15(16)17)6-12-11(14)10-7-4-2-3-5-8(7)18-13-10/h2,4,6-8H,3,5H2,1H3. The highest BCUT2D eigenvalue weighted by Crippen LogP contribution is 2.30. The summed E-state index contributed by atoms with van der Waals surface area (Å²) in [5.41, 5.74) is 0.673. The first kappa shape index (κ1) is 10.9. The highest BCUT2D eigenvalue weighted by atomic mass is 16.6. The highest BCUT2D eigenvalue weighted by Gasteiger charge is 2.38. The molecule has 0 aromatic carbocycles. The van der Waals surface area contributed by atoms with Crippen molar-refractivity contribution in [3.63, 3.8) is 0 Å². The quantitative estimate of drug-likeness (QED) is 0.450. The average molecular weight is 248 g/mol. The van der Waals surface area contributed by atoms with Crippen molar-refractivity contribution in [3.05, 3.63) is 34.3 Å². The van der Waals surface area contributed by atoms with E-state index in [4.69, 9.17) is 4.84 Å². The Morgan fingerprint density at radius 2 is 2.44 bits per heavy atom. The number of hydrogen-bond donors (Lipinski definition) is 0. The maximum absolute atomic E-state index is 10.8. The van der Waals surface area contributed by atoms with E-state index in [9.17, 15) is 10.1 Å². The molecule has 0 N–H and O–H groups in total. The van der Waals surface area contributed by atoms with E-state index in [0.717, 1.165) is 12.8 Å². The van der Waals surface area contributed by atoms with E-state index in [2.05, 4.69) is 16.2 Å². The van der Waals surface area contributed by atoms with Gasteiger partial charge in [0.05, 0.1) is 13.0 Å². The molecule has 0 amide bonds. The number of aromatic nitrogens is 2. The number of nitro groups is 1. The smallest absolute Gasteiger partial charge is 0.342 e. The van der Waals surface area contributed by atoms with Crippen LogP contribution in [0, 0.1) is 16.0 Å². The van der Waals surface area contributed by atoms with E-state index in [-0.39, 0.29) is 17.8 Å². The fourth-order valence-electron chi connectivity index (χ4n) is 2.38. The number of rotatable bonds is 2. The van der Waals surface area contributed by atoms with E-state index < -0.39 is 4.92 Å².